The lowest BCUT2D eigenvalue weighted by molar-refractivity contribution is 0.355. The number of ether oxygens (including phenoxy) is 2. The summed E-state index contributed by atoms with van der Waals surface area (Å²) in [5, 5.41) is 0. The first-order valence-electron chi connectivity index (χ1n) is 9.19. The maximum atomic E-state index is 13.0. The van der Waals surface area contributed by atoms with E-state index in [0.717, 1.165) is 10.1 Å². The van der Waals surface area contributed by atoms with Gasteiger partial charge in [0, 0.05) is 19.2 Å². The lowest BCUT2D eigenvalue weighted by atomic mass is 10.2. The van der Waals surface area contributed by atoms with E-state index in [2.05, 4.69) is 10.9 Å². The topological polar surface area (TPSA) is 80.3 Å². The molecule has 0 unspecified atom stereocenters. The molecule has 1 aromatic carbocycles. The van der Waals surface area contributed by atoms with Gasteiger partial charge in [0.25, 0.3) is 5.56 Å². The number of imidazole rings is 1. The second-order valence-corrected chi connectivity index (χ2v) is 7.12. The van der Waals surface area contributed by atoms with Crippen LogP contribution in [0.25, 0.3) is 22.6 Å². The van der Waals surface area contributed by atoms with E-state index in [1.165, 1.54) is 4.57 Å². The number of benzene rings is 1. The fourth-order valence-electron chi connectivity index (χ4n) is 3.36. The molecule has 3 aromatic rings. The number of hydrogen-bond donors (Lipinski definition) is 0. The fourth-order valence-corrected chi connectivity index (χ4v) is 3.36. The average molecular weight is 396 g/mol. The number of rotatable bonds is 6. The fraction of sp³-hybridized carbons (Fsp3) is 0.381. The third kappa shape index (κ3) is 3.40. The van der Waals surface area contributed by atoms with Crippen LogP contribution in [0, 0.1) is 18.3 Å². The van der Waals surface area contributed by atoms with Crippen molar-refractivity contribution in [3.05, 3.63) is 39.0 Å². The third-order valence-electron chi connectivity index (χ3n) is 4.68. The molecule has 2 aromatic heterocycles. The molecule has 0 bridgehead atoms. The quantitative estimate of drug-likeness (QED) is 0.594. The Kier molecular flexibility index (Phi) is 5.50. The summed E-state index contributed by atoms with van der Waals surface area (Å²) in [7, 11) is 4.85. The van der Waals surface area contributed by atoms with E-state index < -0.39 is 11.2 Å². The zero-order valence-electron chi connectivity index (χ0n) is 17.2. The van der Waals surface area contributed by atoms with Gasteiger partial charge in [0.1, 0.15) is 5.82 Å². The number of fused-ring (bicyclic) bond motifs is 1. The zero-order valence-corrected chi connectivity index (χ0v) is 17.2. The van der Waals surface area contributed by atoms with Gasteiger partial charge in [0.15, 0.2) is 22.7 Å². The van der Waals surface area contributed by atoms with Crippen molar-refractivity contribution < 1.29 is 9.47 Å². The molecule has 0 saturated carbocycles. The number of terminal acetylenes is 1. The minimum Gasteiger partial charge on any atom is -0.493 e. The molecule has 0 spiro atoms. The molecule has 2 heterocycles. The molecule has 29 heavy (non-hydrogen) atoms. The first-order valence-corrected chi connectivity index (χ1v) is 9.19. The second-order valence-electron chi connectivity index (χ2n) is 7.12. The lowest BCUT2D eigenvalue weighted by Crippen LogP contribution is -2.41. The van der Waals surface area contributed by atoms with Crippen molar-refractivity contribution in [2.24, 2.45) is 13.0 Å². The standard InChI is InChI=1S/C21H24N4O4/c1-7-10-24-20(26)17-19(25(21(24)27)12-13(2)3)22-18(23(17)4)14-8-9-15(28-5)16(11-14)29-6/h1,8-9,11,13H,10,12H2,2-6H3. The summed E-state index contributed by atoms with van der Waals surface area (Å²) in [6, 6.07) is 5.38. The van der Waals surface area contributed by atoms with Crippen molar-refractivity contribution in [3.63, 3.8) is 0 Å². The highest BCUT2D eigenvalue weighted by molar-refractivity contribution is 5.77. The van der Waals surface area contributed by atoms with Gasteiger partial charge in [0.2, 0.25) is 0 Å². The highest BCUT2D eigenvalue weighted by atomic mass is 16.5. The van der Waals surface area contributed by atoms with Gasteiger partial charge in [-0.05, 0) is 24.1 Å². The zero-order chi connectivity index (χ0) is 21.3. The van der Waals surface area contributed by atoms with Crippen molar-refractivity contribution in [2.45, 2.75) is 26.9 Å². The van der Waals surface area contributed by atoms with Crippen molar-refractivity contribution in [1.82, 2.24) is 18.7 Å². The van der Waals surface area contributed by atoms with Gasteiger partial charge in [-0.1, -0.05) is 19.8 Å². The molecular formula is C21H24N4O4. The molecule has 0 saturated heterocycles. The second kappa shape index (κ2) is 7.87. The van der Waals surface area contributed by atoms with Gasteiger partial charge in [-0.15, -0.1) is 6.42 Å². The molecule has 0 N–H and O–H groups in total. The Balaban J connectivity index is 2.37. The number of methoxy groups -OCH3 is 2. The van der Waals surface area contributed by atoms with Crippen molar-refractivity contribution >= 4 is 11.2 Å². The molecule has 0 radical (unpaired) electrons. The van der Waals surface area contributed by atoms with Crippen LogP contribution in [0.3, 0.4) is 0 Å². The summed E-state index contributed by atoms with van der Waals surface area (Å²) in [4.78, 5) is 30.6. The Morgan fingerprint density at radius 1 is 1.14 bits per heavy atom. The van der Waals surface area contributed by atoms with Crippen LogP contribution in [0.1, 0.15) is 13.8 Å². The molecule has 152 valence electrons. The molecule has 0 aliphatic rings. The Labute approximate surface area is 168 Å². The van der Waals surface area contributed by atoms with E-state index >= 15 is 0 Å². The van der Waals surface area contributed by atoms with E-state index in [1.807, 2.05) is 19.9 Å². The SMILES string of the molecule is C#CCn1c(=O)c2c(nc(-c3ccc(OC)c(OC)c3)n2C)n(CC(C)C)c1=O. The van der Waals surface area contributed by atoms with Crippen LogP contribution in [-0.2, 0) is 20.1 Å². The van der Waals surface area contributed by atoms with Crippen LogP contribution in [0.5, 0.6) is 11.5 Å². The van der Waals surface area contributed by atoms with Crippen LogP contribution in [0.15, 0.2) is 27.8 Å². The lowest BCUT2D eigenvalue weighted by Gasteiger charge is -2.12. The van der Waals surface area contributed by atoms with E-state index in [0.29, 0.717) is 35.0 Å². The average Bonchev–Trinajstić information content (AvgIpc) is 3.05. The van der Waals surface area contributed by atoms with Gasteiger partial charge < -0.3 is 14.0 Å². The van der Waals surface area contributed by atoms with Gasteiger partial charge >= 0.3 is 5.69 Å². The van der Waals surface area contributed by atoms with Crippen molar-refractivity contribution in [2.75, 3.05) is 14.2 Å². The molecule has 0 amide bonds. The molecule has 3 rings (SSSR count). The molecular weight excluding hydrogens is 372 g/mol. The van der Waals surface area contributed by atoms with Gasteiger partial charge in [-0.3, -0.25) is 9.36 Å². The first-order chi connectivity index (χ1) is 13.8. The monoisotopic (exact) mass is 396 g/mol. The Morgan fingerprint density at radius 2 is 1.83 bits per heavy atom. The molecule has 0 aliphatic carbocycles. The maximum absolute atomic E-state index is 13.0. The largest absolute Gasteiger partial charge is 0.493 e. The van der Waals surface area contributed by atoms with E-state index in [4.69, 9.17) is 15.9 Å². The summed E-state index contributed by atoms with van der Waals surface area (Å²) in [5.74, 6) is 4.23. The number of aromatic nitrogens is 4. The predicted molar refractivity (Wildman–Crippen MR) is 111 cm³/mol. The summed E-state index contributed by atoms with van der Waals surface area (Å²) < 4.78 is 14.9. The van der Waals surface area contributed by atoms with Crippen LogP contribution in [0.2, 0.25) is 0 Å². The van der Waals surface area contributed by atoms with Crippen LogP contribution in [0.4, 0.5) is 0 Å². The maximum Gasteiger partial charge on any atom is 0.333 e. The predicted octanol–water partition coefficient (Wildman–Crippen LogP) is 1.87. The summed E-state index contributed by atoms with van der Waals surface area (Å²) in [6.07, 6.45) is 5.38. The normalized spacial score (nSPS) is 11.1. The molecule has 0 atom stereocenters. The van der Waals surface area contributed by atoms with Crippen molar-refractivity contribution in [1.29, 1.82) is 0 Å². The molecule has 0 fully saturated rings. The molecule has 8 heteroatoms. The number of aryl methyl sites for hydroxylation is 1. The number of nitrogens with zero attached hydrogens (tertiary/aromatic N) is 4. The van der Waals surface area contributed by atoms with Gasteiger partial charge in [-0.2, -0.15) is 0 Å². The smallest absolute Gasteiger partial charge is 0.333 e. The summed E-state index contributed by atoms with van der Waals surface area (Å²) >= 11 is 0. The molecule has 8 nitrogen and oxygen atoms in total. The minimum absolute atomic E-state index is 0.0947. The van der Waals surface area contributed by atoms with E-state index in [9.17, 15) is 9.59 Å². The Hall–Kier alpha value is -3.47. The Bertz CT molecular complexity index is 1220. The first kappa shape index (κ1) is 20.3. The highest BCUT2D eigenvalue weighted by Crippen LogP contribution is 2.32. The third-order valence-corrected chi connectivity index (χ3v) is 4.68. The highest BCUT2D eigenvalue weighted by Gasteiger charge is 2.21. The van der Waals surface area contributed by atoms with Gasteiger partial charge in [0.05, 0.1) is 20.8 Å². The van der Waals surface area contributed by atoms with Crippen molar-refractivity contribution in [3.8, 4) is 35.2 Å². The molecule has 0 aliphatic heterocycles. The summed E-state index contributed by atoms with van der Waals surface area (Å²) in [6.45, 7) is 4.31. The Morgan fingerprint density at radius 3 is 2.41 bits per heavy atom. The van der Waals surface area contributed by atoms with E-state index in [1.54, 1.807) is 38.0 Å². The van der Waals surface area contributed by atoms with Crippen LogP contribution < -0.4 is 20.7 Å². The minimum atomic E-state index is -0.454. The van der Waals surface area contributed by atoms with Crippen LogP contribution in [-0.4, -0.2) is 32.9 Å². The van der Waals surface area contributed by atoms with Gasteiger partial charge in [-0.25, -0.2) is 14.3 Å². The van der Waals surface area contributed by atoms with E-state index in [-0.39, 0.29) is 12.5 Å². The number of hydrogen-bond acceptors (Lipinski definition) is 5. The van der Waals surface area contributed by atoms with Crippen LogP contribution >= 0.6 is 0 Å². The summed E-state index contributed by atoms with van der Waals surface area (Å²) in [5.41, 5.74) is 0.489.